The minimum Gasteiger partial charge on any atom is -0.444 e. The van der Waals surface area contributed by atoms with Crippen molar-refractivity contribution in [2.45, 2.75) is 73.0 Å². The normalized spacial score (nSPS) is 16.4. The molecule has 41 heavy (non-hydrogen) atoms. The van der Waals surface area contributed by atoms with Crippen LogP contribution in [0.3, 0.4) is 0 Å². The van der Waals surface area contributed by atoms with Gasteiger partial charge in [-0.05, 0) is 71.6 Å². The van der Waals surface area contributed by atoms with Crippen molar-refractivity contribution in [3.8, 4) is 0 Å². The Balaban J connectivity index is 0.00000250. The van der Waals surface area contributed by atoms with Gasteiger partial charge in [0, 0.05) is 57.1 Å². The lowest BCUT2D eigenvalue weighted by atomic mass is 10.1. The fourth-order valence-electron chi connectivity index (χ4n) is 4.04. The van der Waals surface area contributed by atoms with E-state index in [2.05, 4.69) is 38.1 Å². The molecule has 234 valence electrons. The van der Waals surface area contributed by atoms with E-state index in [1.807, 2.05) is 48.5 Å². The monoisotopic (exact) mass is 579 g/mol. The number of carbonyl (C=O) groups is 2. The van der Waals surface area contributed by atoms with Crippen molar-refractivity contribution >= 4 is 24.4 Å². The minimum atomic E-state index is -0.509. The highest BCUT2D eigenvalue weighted by atomic mass is 19.1. The summed E-state index contributed by atoms with van der Waals surface area (Å²) in [5.41, 5.74) is 8.63. The topological polar surface area (TPSA) is 116 Å². The van der Waals surface area contributed by atoms with Crippen molar-refractivity contribution in [2.75, 3.05) is 52.9 Å². The molecule has 2 fully saturated rings. The van der Waals surface area contributed by atoms with Crippen molar-refractivity contribution in [2.24, 2.45) is 10.7 Å². The lowest BCUT2D eigenvalue weighted by molar-refractivity contribution is -0.123. The highest BCUT2D eigenvalue weighted by molar-refractivity contribution is 5.78. The molecule has 0 atom stereocenters. The number of amides is 2. The predicted octanol–water partition coefficient (Wildman–Crippen LogP) is 4.09. The molecule has 0 aromatic heterocycles. The number of carbonyl (C=O) groups excluding carboxylic acids is 2. The smallest absolute Gasteiger partial charge is 0.410 e. The van der Waals surface area contributed by atoms with Crippen LogP contribution in [0.15, 0.2) is 35.5 Å². The summed E-state index contributed by atoms with van der Waals surface area (Å²) in [4.78, 5) is 32.6. The Bertz CT molecular complexity index is 904. The van der Waals surface area contributed by atoms with Gasteiger partial charge in [-0.1, -0.05) is 27.7 Å². The van der Waals surface area contributed by atoms with Crippen LogP contribution in [0.2, 0.25) is 0 Å². The molecule has 3 rings (SSSR count). The van der Waals surface area contributed by atoms with Gasteiger partial charge in [-0.15, -0.1) is 0 Å². The maximum absolute atomic E-state index is 13.1. The van der Waals surface area contributed by atoms with Crippen molar-refractivity contribution in [3.05, 3.63) is 41.8 Å². The van der Waals surface area contributed by atoms with E-state index in [4.69, 9.17) is 4.74 Å². The summed E-state index contributed by atoms with van der Waals surface area (Å²) in [6.45, 7) is 21.7. The highest BCUT2D eigenvalue weighted by Gasteiger charge is 2.28. The van der Waals surface area contributed by atoms with Crippen molar-refractivity contribution in [3.63, 3.8) is 0 Å². The summed E-state index contributed by atoms with van der Waals surface area (Å²) in [6, 6.07) is 6.18. The molecule has 2 aliphatic heterocycles. The molecule has 2 heterocycles. The second kappa shape index (κ2) is 20.8. The molecule has 1 aromatic rings. The van der Waals surface area contributed by atoms with E-state index in [9.17, 15) is 14.0 Å². The molecular formula is C30H54FN7O3. The van der Waals surface area contributed by atoms with Gasteiger partial charge < -0.3 is 26.1 Å². The second-order valence-electron chi connectivity index (χ2n) is 9.90. The van der Waals surface area contributed by atoms with E-state index in [1.165, 1.54) is 19.2 Å². The molecule has 2 saturated heterocycles. The second-order valence-corrected chi connectivity index (χ2v) is 9.90. The van der Waals surface area contributed by atoms with Crippen LogP contribution in [-0.4, -0.2) is 98.0 Å². The van der Waals surface area contributed by atoms with Gasteiger partial charge in [-0.25, -0.2) is 14.2 Å². The van der Waals surface area contributed by atoms with E-state index in [-0.39, 0.29) is 23.9 Å². The lowest BCUT2D eigenvalue weighted by Crippen LogP contribution is -2.54. The molecule has 0 unspecified atom stereocenters. The fourth-order valence-corrected chi connectivity index (χ4v) is 4.04. The lowest BCUT2D eigenvalue weighted by Gasteiger charge is -2.35. The largest absolute Gasteiger partial charge is 0.444 e. The number of hydrogen-bond acceptors (Lipinski definition) is 8. The summed E-state index contributed by atoms with van der Waals surface area (Å²) >= 11 is 0. The van der Waals surface area contributed by atoms with E-state index in [1.54, 1.807) is 23.2 Å². The third-order valence-electron chi connectivity index (χ3n) is 5.95. The molecule has 4 N–H and O–H groups in total. The highest BCUT2D eigenvalue weighted by Crippen LogP contribution is 2.16. The van der Waals surface area contributed by atoms with Crippen LogP contribution in [0, 0.1) is 5.82 Å². The Labute approximate surface area is 247 Å². The molecular weight excluding hydrogens is 525 g/mol. The first-order valence-electron chi connectivity index (χ1n) is 14.6. The van der Waals surface area contributed by atoms with Crippen molar-refractivity contribution in [1.82, 2.24) is 25.6 Å². The van der Waals surface area contributed by atoms with Gasteiger partial charge in [0.15, 0.2) is 0 Å². The molecule has 2 amide bonds. The molecule has 0 saturated carbocycles. The summed E-state index contributed by atoms with van der Waals surface area (Å²) in [5, 5.41) is 5.16. The summed E-state index contributed by atoms with van der Waals surface area (Å²) in [7, 11) is 1.50. The van der Waals surface area contributed by atoms with Crippen molar-refractivity contribution in [1.29, 1.82) is 0 Å². The number of nitrogens with zero attached hydrogens (tertiary/aromatic N) is 4. The SMILES string of the molecule is C=N/C(=C\NN1CCN(CC(=O)NC2CCN(C(=O)OC(C)(C)C)CC2)CC1)c1ccc(F)cc1.CC.CC.CN. The molecule has 0 aliphatic carbocycles. The number of hydrogen-bond donors (Lipinski definition) is 3. The first kappa shape index (κ1) is 38.0. The van der Waals surface area contributed by atoms with Crippen LogP contribution in [0.4, 0.5) is 9.18 Å². The number of ether oxygens (including phenoxy) is 1. The van der Waals surface area contributed by atoms with Crippen LogP contribution in [-0.2, 0) is 9.53 Å². The quantitative estimate of drug-likeness (QED) is 0.417. The summed E-state index contributed by atoms with van der Waals surface area (Å²) in [5.74, 6) is -0.284. The van der Waals surface area contributed by atoms with Crippen LogP contribution >= 0.6 is 0 Å². The number of halogens is 1. The average molecular weight is 580 g/mol. The van der Waals surface area contributed by atoms with E-state index < -0.39 is 5.60 Å². The van der Waals surface area contributed by atoms with Crippen LogP contribution < -0.4 is 16.5 Å². The molecule has 11 heteroatoms. The summed E-state index contributed by atoms with van der Waals surface area (Å²) < 4.78 is 18.6. The number of benzene rings is 1. The Hall–Kier alpha value is -3.02. The van der Waals surface area contributed by atoms with E-state index in [0.29, 0.717) is 25.3 Å². The average Bonchev–Trinajstić information content (AvgIpc) is 2.97. The standard InChI is InChI=1S/C25H37FN6O3.2C2H6.CH5N/c1-25(2,3)35-24(34)31-11-9-21(10-12-31)29-23(33)18-30-13-15-32(16-14-30)28-17-22(27-4)19-5-7-20(26)8-6-19;3*1-2/h5-8,17,21,28H,4,9-16,18H2,1-3H3,(H,29,33);2*1-2H3;2H2,1H3/b22-17-;;;. The Morgan fingerprint density at radius 2 is 1.56 bits per heavy atom. The van der Waals surface area contributed by atoms with E-state index >= 15 is 0 Å². The van der Waals surface area contributed by atoms with Crippen LogP contribution in [0.25, 0.3) is 5.70 Å². The zero-order valence-electron chi connectivity index (χ0n) is 26.5. The molecule has 0 radical (unpaired) electrons. The van der Waals surface area contributed by atoms with Crippen LogP contribution in [0.5, 0.6) is 0 Å². The van der Waals surface area contributed by atoms with Crippen molar-refractivity contribution < 1.29 is 18.7 Å². The first-order chi connectivity index (χ1) is 19.6. The molecule has 2 aliphatic rings. The number of nitrogens with one attached hydrogen (secondary N) is 2. The van der Waals surface area contributed by atoms with Gasteiger partial charge in [-0.2, -0.15) is 0 Å². The molecule has 0 bridgehead atoms. The zero-order valence-corrected chi connectivity index (χ0v) is 26.5. The molecule has 1 aromatic carbocycles. The van der Waals surface area contributed by atoms with Gasteiger partial charge in [0.25, 0.3) is 0 Å². The number of piperazine rings is 1. The third-order valence-corrected chi connectivity index (χ3v) is 5.95. The van der Waals surface area contributed by atoms with Gasteiger partial charge >= 0.3 is 6.09 Å². The number of likely N-dealkylation sites (tertiary alicyclic amines) is 1. The number of nitrogens with two attached hydrogens (primary N) is 1. The minimum absolute atomic E-state index is 0.0106. The van der Waals surface area contributed by atoms with Gasteiger partial charge in [-0.3, -0.25) is 14.7 Å². The first-order valence-corrected chi connectivity index (χ1v) is 14.6. The fraction of sp³-hybridized carbons (Fsp3) is 0.633. The Kier molecular flexibility index (Phi) is 19.3. The van der Waals surface area contributed by atoms with Gasteiger partial charge in [0.1, 0.15) is 11.4 Å². The van der Waals surface area contributed by atoms with Gasteiger partial charge in [0.05, 0.1) is 12.2 Å². The predicted molar refractivity (Wildman–Crippen MR) is 167 cm³/mol. The maximum Gasteiger partial charge on any atom is 0.410 e. The Morgan fingerprint density at radius 3 is 2.05 bits per heavy atom. The van der Waals surface area contributed by atoms with E-state index in [0.717, 1.165) is 44.6 Å². The number of hydrazine groups is 1. The number of rotatable bonds is 7. The zero-order chi connectivity index (χ0) is 31.4. The number of piperidine rings is 1. The number of aliphatic imine (C=N–C) groups is 1. The third kappa shape index (κ3) is 15.0. The summed E-state index contributed by atoms with van der Waals surface area (Å²) in [6.07, 6.45) is 2.91. The van der Waals surface area contributed by atoms with Gasteiger partial charge in [0.2, 0.25) is 5.91 Å². The maximum atomic E-state index is 13.1. The molecule has 10 nitrogen and oxygen atoms in total. The van der Waals surface area contributed by atoms with Crippen LogP contribution in [0.1, 0.15) is 66.9 Å². The molecule has 0 spiro atoms. The Morgan fingerprint density at radius 1 is 1.02 bits per heavy atom.